The van der Waals surface area contributed by atoms with E-state index in [2.05, 4.69) is 22.5 Å². The predicted molar refractivity (Wildman–Crippen MR) is 133 cm³/mol. The number of anilines is 2. The van der Waals surface area contributed by atoms with Gasteiger partial charge in [-0.05, 0) is 55.2 Å². The minimum Gasteiger partial charge on any atom is -0.370 e. The molecule has 3 aromatic rings. The number of hydrogen-bond acceptors (Lipinski definition) is 3. The second-order valence-electron chi connectivity index (χ2n) is 8.05. The first-order chi connectivity index (χ1) is 16.2. The SMILES string of the molecule is CCc1ccc(NC(=O)N(CCCCCCNc2ccccn2)Cc2ccccc2F)cc1. The molecule has 33 heavy (non-hydrogen) atoms. The molecule has 0 unspecified atom stereocenters. The van der Waals surface area contributed by atoms with Crippen LogP contribution in [0.15, 0.2) is 72.9 Å². The lowest BCUT2D eigenvalue weighted by atomic mass is 10.1. The maximum atomic E-state index is 14.2. The summed E-state index contributed by atoms with van der Waals surface area (Å²) in [4.78, 5) is 18.9. The molecule has 1 heterocycles. The Kier molecular flexibility index (Phi) is 9.70. The molecular formula is C27H33FN4O. The molecule has 2 aromatic carbocycles. The number of carbonyl (C=O) groups excluding carboxylic acids is 1. The molecule has 0 atom stereocenters. The van der Waals surface area contributed by atoms with Crippen LogP contribution >= 0.6 is 0 Å². The number of aromatic nitrogens is 1. The van der Waals surface area contributed by atoms with Crippen molar-refractivity contribution in [1.82, 2.24) is 9.88 Å². The van der Waals surface area contributed by atoms with Gasteiger partial charge >= 0.3 is 6.03 Å². The van der Waals surface area contributed by atoms with Gasteiger partial charge in [-0.2, -0.15) is 0 Å². The summed E-state index contributed by atoms with van der Waals surface area (Å²) in [7, 11) is 0. The van der Waals surface area contributed by atoms with Crippen molar-refractivity contribution >= 4 is 17.5 Å². The summed E-state index contributed by atoms with van der Waals surface area (Å²) in [6.07, 6.45) is 6.66. The first kappa shape index (κ1) is 24.2. The Bertz CT molecular complexity index is 979. The Morgan fingerprint density at radius 2 is 1.70 bits per heavy atom. The standard InChI is InChI=1S/C27H33FN4O/c1-2-22-14-16-24(17-15-22)31-27(33)32(21-23-11-5-6-12-25(23)28)20-10-4-3-8-18-29-26-13-7-9-19-30-26/h5-7,9,11-17,19H,2-4,8,10,18,20-21H2,1H3,(H,29,30)(H,31,33). The van der Waals surface area contributed by atoms with Crippen LogP contribution in [0.2, 0.25) is 0 Å². The molecule has 0 bridgehead atoms. The normalized spacial score (nSPS) is 10.6. The zero-order chi connectivity index (χ0) is 23.3. The molecule has 0 saturated carbocycles. The van der Waals surface area contributed by atoms with Gasteiger partial charge in [0, 0.05) is 30.5 Å². The van der Waals surface area contributed by atoms with Gasteiger partial charge in [0.25, 0.3) is 0 Å². The first-order valence-corrected chi connectivity index (χ1v) is 11.7. The molecule has 1 aromatic heterocycles. The summed E-state index contributed by atoms with van der Waals surface area (Å²) >= 11 is 0. The molecule has 0 spiro atoms. The van der Waals surface area contributed by atoms with Crippen molar-refractivity contribution in [3.63, 3.8) is 0 Å². The van der Waals surface area contributed by atoms with E-state index >= 15 is 0 Å². The number of nitrogens with zero attached hydrogens (tertiary/aromatic N) is 2. The van der Waals surface area contributed by atoms with Crippen molar-refractivity contribution in [3.8, 4) is 0 Å². The Balaban J connectivity index is 1.49. The van der Waals surface area contributed by atoms with Crippen LogP contribution in [-0.4, -0.2) is 29.0 Å². The molecule has 0 aliphatic carbocycles. The molecule has 2 amide bonds. The van der Waals surface area contributed by atoms with Crippen molar-refractivity contribution in [2.45, 2.75) is 45.6 Å². The molecule has 174 valence electrons. The largest absolute Gasteiger partial charge is 0.370 e. The van der Waals surface area contributed by atoms with E-state index in [9.17, 15) is 9.18 Å². The number of benzene rings is 2. The fraction of sp³-hybridized carbons (Fsp3) is 0.333. The van der Waals surface area contributed by atoms with Gasteiger partial charge in [0.1, 0.15) is 11.6 Å². The molecule has 3 rings (SSSR count). The van der Waals surface area contributed by atoms with E-state index in [1.165, 1.54) is 11.6 Å². The number of amides is 2. The number of urea groups is 1. The highest BCUT2D eigenvalue weighted by Crippen LogP contribution is 2.15. The summed E-state index contributed by atoms with van der Waals surface area (Å²) in [5.41, 5.74) is 2.48. The van der Waals surface area contributed by atoms with Crippen LogP contribution in [0.4, 0.5) is 20.7 Å². The molecule has 0 aliphatic rings. The third-order valence-electron chi connectivity index (χ3n) is 5.55. The number of rotatable bonds is 12. The number of aryl methyl sites for hydroxylation is 1. The third kappa shape index (κ3) is 8.22. The highest BCUT2D eigenvalue weighted by atomic mass is 19.1. The Morgan fingerprint density at radius 3 is 2.42 bits per heavy atom. The van der Waals surface area contributed by atoms with Crippen LogP contribution in [0.5, 0.6) is 0 Å². The molecule has 0 saturated heterocycles. The highest BCUT2D eigenvalue weighted by molar-refractivity contribution is 5.89. The van der Waals surface area contributed by atoms with Gasteiger partial charge in [-0.1, -0.05) is 56.2 Å². The van der Waals surface area contributed by atoms with Gasteiger partial charge in [0.05, 0.1) is 6.54 Å². The quantitative estimate of drug-likeness (QED) is 0.311. The zero-order valence-corrected chi connectivity index (χ0v) is 19.3. The minimum atomic E-state index is -0.289. The monoisotopic (exact) mass is 448 g/mol. The lowest BCUT2D eigenvalue weighted by Gasteiger charge is -2.24. The number of nitrogens with one attached hydrogen (secondary N) is 2. The van der Waals surface area contributed by atoms with E-state index in [1.54, 1.807) is 29.3 Å². The van der Waals surface area contributed by atoms with Crippen molar-refractivity contribution in [2.75, 3.05) is 23.7 Å². The molecule has 6 heteroatoms. The lowest BCUT2D eigenvalue weighted by Crippen LogP contribution is -2.35. The average Bonchev–Trinajstić information content (AvgIpc) is 2.85. The summed E-state index contributed by atoms with van der Waals surface area (Å²) in [6, 6.07) is 20.1. The van der Waals surface area contributed by atoms with E-state index in [0.717, 1.165) is 50.2 Å². The average molecular weight is 449 g/mol. The molecular weight excluding hydrogens is 415 g/mol. The van der Waals surface area contributed by atoms with Gasteiger partial charge in [-0.25, -0.2) is 14.2 Å². The lowest BCUT2D eigenvalue weighted by molar-refractivity contribution is 0.207. The fourth-order valence-corrected chi connectivity index (χ4v) is 3.58. The van der Waals surface area contributed by atoms with Gasteiger partial charge in [0.15, 0.2) is 0 Å². The van der Waals surface area contributed by atoms with E-state index < -0.39 is 0 Å². The van der Waals surface area contributed by atoms with Gasteiger partial charge in [-0.15, -0.1) is 0 Å². The smallest absolute Gasteiger partial charge is 0.322 e. The van der Waals surface area contributed by atoms with Gasteiger partial charge in [-0.3, -0.25) is 0 Å². The molecule has 0 fully saturated rings. The van der Waals surface area contributed by atoms with Crippen LogP contribution < -0.4 is 10.6 Å². The number of hydrogen-bond donors (Lipinski definition) is 2. The van der Waals surface area contributed by atoms with Crippen LogP contribution in [0, 0.1) is 5.82 Å². The maximum Gasteiger partial charge on any atom is 0.322 e. The molecule has 0 aliphatic heterocycles. The number of carbonyl (C=O) groups is 1. The third-order valence-corrected chi connectivity index (χ3v) is 5.55. The predicted octanol–water partition coefficient (Wildman–Crippen LogP) is 6.49. The van der Waals surface area contributed by atoms with Crippen LogP contribution in [-0.2, 0) is 13.0 Å². The maximum absolute atomic E-state index is 14.2. The number of pyridine rings is 1. The van der Waals surface area contributed by atoms with Crippen LogP contribution in [0.3, 0.4) is 0 Å². The summed E-state index contributed by atoms with van der Waals surface area (Å²) < 4.78 is 14.2. The van der Waals surface area contributed by atoms with Crippen LogP contribution in [0.25, 0.3) is 0 Å². The fourth-order valence-electron chi connectivity index (χ4n) is 3.58. The molecule has 2 N–H and O–H groups in total. The van der Waals surface area contributed by atoms with Gasteiger partial charge in [0.2, 0.25) is 0 Å². The summed E-state index contributed by atoms with van der Waals surface area (Å²) in [5.74, 6) is 0.598. The van der Waals surface area contributed by atoms with Crippen molar-refractivity contribution < 1.29 is 9.18 Å². The minimum absolute atomic E-state index is 0.209. The second kappa shape index (κ2) is 13.2. The molecule has 0 radical (unpaired) electrons. The number of halogens is 1. The van der Waals surface area contributed by atoms with Crippen molar-refractivity contribution in [1.29, 1.82) is 0 Å². The van der Waals surface area contributed by atoms with Crippen molar-refractivity contribution in [3.05, 3.63) is 89.9 Å². The second-order valence-corrected chi connectivity index (χ2v) is 8.05. The topological polar surface area (TPSA) is 57.3 Å². The zero-order valence-electron chi connectivity index (χ0n) is 19.3. The summed E-state index contributed by atoms with van der Waals surface area (Å²) in [5, 5.41) is 6.27. The van der Waals surface area contributed by atoms with E-state index in [-0.39, 0.29) is 18.4 Å². The first-order valence-electron chi connectivity index (χ1n) is 11.7. The Morgan fingerprint density at radius 1 is 0.939 bits per heavy atom. The Hall–Kier alpha value is -3.41. The van der Waals surface area contributed by atoms with E-state index in [4.69, 9.17) is 0 Å². The van der Waals surface area contributed by atoms with Crippen molar-refractivity contribution in [2.24, 2.45) is 0 Å². The molecule has 5 nitrogen and oxygen atoms in total. The Labute approximate surface area is 196 Å². The summed E-state index contributed by atoms with van der Waals surface area (Å²) in [6.45, 7) is 3.77. The van der Waals surface area contributed by atoms with Gasteiger partial charge < -0.3 is 15.5 Å². The van der Waals surface area contributed by atoms with E-state index in [1.807, 2.05) is 42.5 Å². The number of unbranched alkanes of at least 4 members (excludes halogenated alkanes) is 3. The van der Waals surface area contributed by atoms with E-state index in [0.29, 0.717) is 12.1 Å². The van der Waals surface area contributed by atoms with Crippen LogP contribution in [0.1, 0.15) is 43.7 Å². The highest BCUT2D eigenvalue weighted by Gasteiger charge is 2.16.